The molecule has 0 bridgehead atoms. The van der Waals surface area contributed by atoms with Gasteiger partial charge in [0, 0.05) is 12.3 Å². The maximum atomic E-state index is 11.1. The fraction of sp³-hybridized carbons (Fsp3) is 0.400. The quantitative estimate of drug-likeness (QED) is 0.859. The molecule has 1 aromatic heterocycles. The van der Waals surface area contributed by atoms with Crippen LogP contribution in [-0.2, 0) is 10.0 Å². The molecule has 0 atom stereocenters. The van der Waals surface area contributed by atoms with Crippen LogP contribution in [0.25, 0.3) is 0 Å². The van der Waals surface area contributed by atoms with Gasteiger partial charge in [0.05, 0.1) is 12.4 Å². The second kappa shape index (κ2) is 4.22. The number of pyridine rings is 1. The van der Waals surface area contributed by atoms with Gasteiger partial charge in [-0.2, -0.15) is 5.26 Å². The smallest absolute Gasteiger partial charge is 0.231 e. The van der Waals surface area contributed by atoms with Crippen molar-refractivity contribution in [3.63, 3.8) is 0 Å². The first-order valence-electron chi connectivity index (χ1n) is 5.03. The summed E-state index contributed by atoms with van der Waals surface area (Å²) in [5, 5.41) is 9.02. The van der Waals surface area contributed by atoms with Gasteiger partial charge in [0.1, 0.15) is 17.4 Å². The third-order valence-corrected chi connectivity index (χ3v) is 2.69. The Bertz CT molecular complexity index is 573. The van der Waals surface area contributed by atoms with Crippen molar-refractivity contribution in [2.75, 3.05) is 11.0 Å². The van der Waals surface area contributed by atoms with Crippen molar-refractivity contribution in [2.45, 2.75) is 18.9 Å². The molecule has 1 N–H and O–H groups in total. The van der Waals surface area contributed by atoms with Gasteiger partial charge in [0.25, 0.3) is 0 Å². The molecule has 1 saturated carbocycles. The van der Waals surface area contributed by atoms with Gasteiger partial charge >= 0.3 is 0 Å². The van der Waals surface area contributed by atoms with E-state index in [9.17, 15) is 8.42 Å². The number of hydrogen-bond acceptors (Lipinski definition) is 5. The molecule has 90 valence electrons. The van der Waals surface area contributed by atoms with Crippen LogP contribution >= 0.6 is 0 Å². The van der Waals surface area contributed by atoms with Crippen molar-refractivity contribution in [3.05, 3.63) is 17.8 Å². The maximum Gasteiger partial charge on any atom is 0.231 e. The first kappa shape index (κ1) is 11.7. The van der Waals surface area contributed by atoms with Gasteiger partial charge in [-0.3, -0.25) is 4.72 Å². The van der Waals surface area contributed by atoms with Crippen molar-refractivity contribution in [1.82, 2.24) is 4.98 Å². The monoisotopic (exact) mass is 253 g/mol. The van der Waals surface area contributed by atoms with Crippen LogP contribution in [0.5, 0.6) is 5.75 Å². The molecule has 6 nitrogen and oxygen atoms in total. The molecule has 0 aromatic carbocycles. The standard InChI is InChI=1S/C10H11N3O3S/c1-17(14,15)13-10-8(6-11)9(4-5-12-10)16-7-2-3-7/h4-5,7H,2-3H2,1H3,(H,12,13). The van der Waals surface area contributed by atoms with E-state index in [-0.39, 0.29) is 17.5 Å². The van der Waals surface area contributed by atoms with E-state index in [0.29, 0.717) is 5.75 Å². The minimum atomic E-state index is -3.46. The van der Waals surface area contributed by atoms with Crippen LogP contribution in [0.1, 0.15) is 18.4 Å². The Kier molecular flexibility index (Phi) is 2.90. The number of rotatable bonds is 4. The molecular formula is C10H11N3O3S. The van der Waals surface area contributed by atoms with Gasteiger partial charge in [-0.25, -0.2) is 13.4 Å². The van der Waals surface area contributed by atoms with Crippen LogP contribution in [0.2, 0.25) is 0 Å². The van der Waals surface area contributed by atoms with Crippen molar-refractivity contribution in [2.24, 2.45) is 0 Å². The highest BCUT2D eigenvalue weighted by atomic mass is 32.2. The minimum Gasteiger partial charge on any atom is -0.489 e. The highest BCUT2D eigenvalue weighted by Gasteiger charge is 2.25. The fourth-order valence-corrected chi connectivity index (χ4v) is 1.77. The zero-order valence-corrected chi connectivity index (χ0v) is 9.99. The molecule has 2 rings (SSSR count). The van der Waals surface area contributed by atoms with Gasteiger partial charge in [-0.15, -0.1) is 0 Å². The van der Waals surface area contributed by atoms with Crippen LogP contribution in [0.3, 0.4) is 0 Å². The van der Waals surface area contributed by atoms with Gasteiger partial charge in [-0.1, -0.05) is 0 Å². The number of aromatic nitrogens is 1. The zero-order chi connectivity index (χ0) is 12.5. The summed E-state index contributed by atoms with van der Waals surface area (Å²) in [6.07, 6.45) is 4.47. The Morgan fingerprint density at radius 3 is 2.82 bits per heavy atom. The Labute approximate surface area is 99.3 Å². The van der Waals surface area contributed by atoms with Crippen molar-refractivity contribution < 1.29 is 13.2 Å². The molecule has 1 heterocycles. The van der Waals surface area contributed by atoms with E-state index < -0.39 is 10.0 Å². The first-order chi connectivity index (χ1) is 7.99. The predicted molar refractivity (Wildman–Crippen MR) is 61.1 cm³/mol. The normalized spacial score (nSPS) is 15.1. The molecular weight excluding hydrogens is 242 g/mol. The summed E-state index contributed by atoms with van der Waals surface area (Å²) in [4.78, 5) is 3.83. The second-order valence-corrected chi connectivity index (χ2v) is 5.58. The molecule has 0 amide bonds. The average molecular weight is 253 g/mol. The molecule has 7 heteroatoms. The number of sulfonamides is 1. The van der Waals surface area contributed by atoms with E-state index >= 15 is 0 Å². The van der Waals surface area contributed by atoms with Crippen LogP contribution < -0.4 is 9.46 Å². The lowest BCUT2D eigenvalue weighted by molar-refractivity contribution is 0.302. The number of anilines is 1. The number of nitrogens with zero attached hydrogens (tertiary/aromatic N) is 2. The number of nitriles is 1. The minimum absolute atomic E-state index is 0.00755. The Balaban J connectivity index is 2.35. The third kappa shape index (κ3) is 3.07. The summed E-state index contributed by atoms with van der Waals surface area (Å²) in [6.45, 7) is 0. The van der Waals surface area contributed by atoms with Crippen LogP contribution in [0.4, 0.5) is 5.82 Å². The highest BCUT2D eigenvalue weighted by Crippen LogP contribution is 2.31. The van der Waals surface area contributed by atoms with Gasteiger partial charge in [-0.05, 0) is 12.8 Å². The molecule has 0 unspecified atom stereocenters. The Morgan fingerprint density at radius 2 is 2.29 bits per heavy atom. The fourth-order valence-electron chi connectivity index (χ4n) is 1.27. The van der Waals surface area contributed by atoms with Gasteiger partial charge in [0.15, 0.2) is 5.82 Å². The van der Waals surface area contributed by atoms with E-state index in [1.165, 1.54) is 6.20 Å². The molecule has 1 aliphatic rings. The second-order valence-electron chi connectivity index (χ2n) is 3.84. The summed E-state index contributed by atoms with van der Waals surface area (Å²) in [7, 11) is -3.46. The predicted octanol–water partition coefficient (Wildman–Crippen LogP) is 0.866. The lowest BCUT2D eigenvalue weighted by Gasteiger charge is -2.09. The van der Waals surface area contributed by atoms with E-state index in [1.54, 1.807) is 6.07 Å². The summed E-state index contributed by atoms with van der Waals surface area (Å²) >= 11 is 0. The summed E-state index contributed by atoms with van der Waals surface area (Å²) in [5.41, 5.74) is 0.116. The first-order valence-corrected chi connectivity index (χ1v) is 6.92. The lowest BCUT2D eigenvalue weighted by atomic mass is 10.2. The summed E-state index contributed by atoms with van der Waals surface area (Å²) in [6, 6.07) is 3.47. The molecule has 1 aromatic rings. The molecule has 1 fully saturated rings. The van der Waals surface area contributed by atoms with Crippen molar-refractivity contribution in [3.8, 4) is 11.8 Å². The average Bonchev–Trinajstić information content (AvgIpc) is 2.99. The topological polar surface area (TPSA) is 92.1 Å². The summed E-state index contributed by atoms with van der Waals surface area (Å²) in [5.74, 6) is 0.379. The number of nitrogens with one attached hydrogen (secondary N) is 1. The van der Waals surface area contributed by atoms with Gasteiger partial charge in [0.2, 0.25) is 10.0 Å². The molecule has 0 aliphatic heterocycles. The Morgan fingerprint density at radius 1 is 1.59 bits per heavy atom. The maximum absolute atomic E-state index is 11.1. The molecule has 17 heavy (non-hydrogen) atoms. The van der Waals surface area contributed by atoms with Crippen LogP contribution in [0, 0.1) is 11.3 Å². The largest absolute Gasteiger partial charge is 0.489 e. The number of ether oxygens (including phenoxy) is 1. The highest BCUT2D eigenvalue weighted by molar-refractivity contribution is 7.92. The van der Waals surface area contributed by atoms with E-state index in [4.69, 9.17) is 10.00 Å². The van der Waals surface area contributed by atoms with E-state index in [0.717, 1.165) is 19.1 Å². The number of hydrogen-bond donors (Lipinski definition) is 1. The van der Waals surface area contributed by atoms with Crippen LogP contribution in [-0.4, -0.2) is 25.8 Å². The van der Waals surface area contributed by atoms with Crippen molar-refractivity contribution >= 4 is 15.8 Å². The van der Waals surface area contributed by atoms with Crippen LogP contribution in [0.15, 0.2) is 12.3 Å². The summed E-state index contributed by atoms with van der Waals surface area (Å²) < 4.78 is 29.9. The SMILES string of the molecule is CS(=O)(=O)Nc1nccc(OC2CC2)c1C#N. The molecule has 0 saturated heterocycles. The molecule has 0 radical (unpaired) electrons. The zero-order valence-electron chi connectivity index (χ0n) is 9.17. The van der Waals surface area contributed by atoms with E-state index in [1.807, 2.05) is 6.07 Å². The van der Waals surface area contributed by atoms with Crippen molar-refractivity contribution in [1.29, 1.82) is 5.26 Å². The Hall–Kier alpha value is -1.81. The van der Waals surface area contributed by atoms with Gasteiger partial charge < -0.3 is 4.74 Å². The molecule has 0 spiro atoms. The molecule has 1 aliphatic carbocycles. The van der Waals surface area contributed by atoms with E-state index in [2.05, 4.69) is 9.71 Å². The lowest BCUT2D eigenvalue weighted by Crippen LogP contribution is -2.13. The third-order valence-electron chi connectivity index (χ3n) is 2.12.